The number of halogens is 2. The van der Waals surface area contributed by atoms with Gasteiger partial charge in [0.15, 0.2) is 0 Å². The fraction of sp³-hybridized carbons (Fsp3) is 0.273. The second kappa shape index (κ2) is 8.58. The Bertz CT molecular complexity index is 925. The standard InChI is InChI=1S/C22H21Cl2N3O/c23-17-11-16(12-18(24)13-17)20-19(6-4-8-26-20)22(28)21(27-9-1-2-10-27)15-5-3-7-25-14-15/h3-8,11-14,21-22,28H,1-2,9-10H2/t21-,22+/m0/s1. The van der Waals surface area contributed by atoms with Gasteiger partial charge < -0.3 is 5.11 Å². The van der Waals surface area contributed by atoms with Gasteiger partial charge in [-0.05, 0) is 61.8 Å². The maximum atomic E-state index is 11.5. The zero-order valence-electron chi connectivity index (χ0n) is 15.3. The number of hydrogen-bond acceptors (Lipinski definition) is 4. The lowest BCUT2D eigenvalue weighted by atomic mass is 9.92. The Morgan fingerprint density at radius 2 is 1.68 bits per heavy atom. The lowest BCUT2D eigenvalue weighted by Gasteiger charge is -2.32. The zero-order valence-corrected chi connectivity index (χ0v) is 16.8. The van der Waals surface area contributed by atoms with E-state index in [0.29, 0.717) is 15.7 Å². The first-order valence-electron chi connectivity index (χ1n) is 9.37. The SMILES string of the molecule is O[C@H](c1cccnc1-c1cc(Cl)cc(Cl)c1)[C@H](c1cccnc1)N1CCCC1. The highest BCUT2D eigenvalue weighted by atomic mass is 35.5. The molecule has 0 saturated carbocycles. The van der Waals surface area contributed by atoms with Crippen molar-refractivity contribution in [2.45, 2.75) is 25.0 Å². The van der Waals surface area contributed by atoms with Crippen molar-refractivity contribution in [3.63, 3.8) is 0 Å². The Morgan fingerprint density at radius 3 is 2.36 bits per heavy atom. The summed E-state index contributed by atoms with van der Waals surface area (Å²) in [4.78, 5) is 11.1. The predicted octanol–water partition coefficient (Wildman–Crippen LogP) is 5.32. The zero-order chi connectivity index (χ0) is 19.5. The normalized spacial score (nSPS) is 16.8. The van der Waals surface area contributed by atoms with Crippen molar-refractivity contribution in [2.75, 3.05) is 13.1 Å². The largest absolute Gasteiger partial charge is 0.386 e. The average Bonchev–Trinajstić information content (AvgIpc) is 3.22. The molecule has 1 N–H and O–H groups in total. The van der Waals surface area contributed by atoms with Crippen LogP contribution in [0.5, 0.6) is 0 Å². The molecule has 0 radical (unpaired) electrons. The van der Waals surface area contributed by atoms with Crippen LogP contribution in [0.15, 0.2) is 61.1 Å². The highest BCUT2D eigenvalue weighted by Crippen LogP contribution is 2.39. The van der Waals surface area contributed by atoms with Gasteiger partial charge in [-0.15, -0.1) is 0 Å². The van der Waals surface area contributed by atoms with Gasteiger partial charge in [-0.2, -0.15) is 0 Å². The van der Waals surface area contributed by atoms with Gasteiger partial charge in [0, 0.05) is 39.8 Å². The topological polar surface area (TPSA) is 49.3 Å². The molecule has 28 heavy (non-hydrogen) atoms. The van der Waals surface area contributed by atoms with Gasteiger partial charge in [-0.3, -0.25) is 14.9 Å². The van der Waals surface area contributed by atoms with Gasteiger partial charge >= 0.3 is 0 Å². The van der Waals surface area contributed by atoms with Crippen molar-refractivity contribution in [3.8, 4) is 11.3 Å². The molecule has 0 amide bonds. The molecule has 1 saturated heterocycles. The third kappa shape index (κ3) is 4.06. The number of aliphatic hydroxyl groups is 1. The molecule has 0 aliphatic carbocycles. The summed E-state index contributed by atoms with van der Waals surface area (Å²) >= 11 is 12.4. The molecule has 1 aromatic carbocycles. The summed E-state index contributed by atoms with van der Waals surface area (Å²) in [6.07, 6.45) is 6.80. The fourth-order valence-corrected chi connectivity index (χ4v) is 4.45. The summed E-state index contributed by atoms with van der Waals surface area (Å²) in [5, 5.41) is 12.6. The first-order valence-corrected chi connectivity index (χ1v) is 10.1. The van der Waals surface area contributed by atoms with Crippen LogP contribution in [0.4, 0.5) is 0 Å². The lowest BCUT2D eigenvalue weighted by molar-refractivity contribution is 0.0607. The second-order valence-corrected chi connectivity index (χ2v) is 7.89. The van der Waals surface area contributed by atoms with Gasteiger partial charge in [0.05, 0.1) is 11.7 Å². The summed E-state index contributed by atoms with van der Waals surface area (Å²) in [6, 6.07) is 12.8. The fourth-order valence-electron chi connectivity index (χ4n) is 3.92. The Kier molecular flexibility index (Phi) is 5.93. The number of benzene rings is 1. The molecule has 0 spiro atoms. The smallest absolute Gasteiger partial charge is 0.101 e. The third-order valence-electron chi connectivity index (χ3n) is 5.15. The Morgan fingerprint density at radius 1 is 0.964 bits per heavy atom. The van der Waals surface area contributed by atoms with Crippen LogP contribution in [0, 0.1) is 0 Å². The van der Waals surface area contributed by atoms with Crippen LogP contribution in [0.3, 0.4) is 0 Å². The Hall–Kier alpha value is -1.98. The van der Waals surface area contributed by atoms with Crippen molar-refractivity contribution in [1.82, 2.24) is 14.9 Å². The quantitative estimate of drug-likeness (QED) is 0.614. The Labute approximate surface area is 174 Å². The van der Waals surface area contributed by atoms with Crippen LogP contribution in [0.1, 0.15) is 36.1 Å². The first kappa shape index (κ1) is 19.3. The molecular weight excluding hydrogens is 393 g/mol. The molecule has 144 valence electrons. The molecule has 1 aliphatic rings. The highest BCUT2D eigenvalue weighted by molar-refractivity contribution is 6.35. The van der Waals surface area contributed by atoms with E-state index in [4.69, 9.17) is 23.2 Å². The summed E-state index contributed by atoms with van der Waals surface area (Å²) < 4.78 is 0. The van der Waals surface area contributed by atoms with Crippen LogP contribution in [-0.4, -0.2) is 33.1 Å². The van der Waals surface area contributed by atoms with Gasteiger partial charge in [0.25, 0.3) is 0 Å². The minimum atomic E-state index is -0.760. The molecule has 0 bridgehead atoms. The Balaban J connectivity index is 1.78. The number of aliphatic hydroxyl groups excluding tert-OH is 1. The van der Waals surface area contributed by atoms with Crippen LogP contribution in [0.25, 0.3) is 11.3 Å². The molecule has 6 heteroatoms. The summed E-state index contributed by atoms with van der Waals surface area (Å²) in [5.74, 6) is 0. The molecule has 1 aliphatic heterocycles. The first-order chi connectivity index (χ1) is 13.6. The second-order valence-electron chi connectivity index (χ2n) is 7.02. The van der Waals surface area contributed by atoms with Crippen LogP contribution in [-0.2, 0) is 0 Å². The van der Waals surface area contributed by atoms with E-state index in [-0.39, 0.29) is 6.04 Å². The van der Waals surface area contributed by atoms with E-state index < -0.39 is 6.10 Å². The summed E-state index contributed by atoms with van der Waals surface area (Å²) in [7, 11) is 0. The van der Waals surface area contributed by atoms with E-state index >= 15 is 0 Å². The number of aromatic nitrogens is 2. The minimum absolute atomic E-state index is 0.186. The van der Waals surface area contributed by atoms with Crippen molar-refractivity contribution < 1.29 is 5.11 Å². The number of pyridine rings is 2. The van der Waals surface area contributed by atoms with E-state index in [1.807, 2.05) is 42.6 Å². The van der Waals surface area contributed by atoms with E-state index in [1.165, 1.54) is 0 Å². The molecule has 3 aromatic rings. The van der Waals surface area contributed by atoms with E-state index in [2.05, 4.69) is 14.9 Å². The minimum Gasteiger partial charge on any atom is -0.386 e. The van der Waals surface area contributed by atoms with Crippen molar-refractivity contribution in [3.05, 3.63) is 82.2 Å². The van der Waals surface area contributed by atoms with Crippen molar-refractivity contribution in [1.29, 1.82) is 0 Å². The van der Waals surface area contributed by atoms with Gasteiger partial charge in [-0.25, -0.2) is 0 Å². The molecule has 4 rings (SSSR count). The van der Waals surface area contributed by atoms with Crippen LogP contribution >= 0.6 is 23.2 Å². The summed E-state index contributed by atoms with van der Waals surface area (Å²) in [5.41, 5.74) is 3.23. The lowest BCUT2D eigenvalue weighted by Crippen LogP contribution is -2.31. The number of hydrogen-bond donors (Lipinski definition) is 1. The maximum Gasteiger partial charge on any atom is 0.101 e. The molecule has 4 nitrogen and oxygen atoms in total. The number of likely N-dealkylation sites (tertiary alicyclic amines) is 1. The summed E-state index contributed by atoms with van der Waals surface area (Å²) in [6.45, 7) is 1.91. The van der Waals surface area contributed by atoms with Crippen LogP contribution < -0.4 is 0 Å². The molecule has 2 aromatic heterocycles. The van der Waals surface area contributed by atoms with E-state index in [0.717, 1.165) is 42.6 Å². The average molecular weight is 414 g/mol. The highest BCUT2D eigenvalue weighted by Gasteiger charge is 2.32. The van der Waals surface area contributed by atoms with Gasteiger partial charge in [0.1, 0.15) is 6.10 Å². The van der Waals surface area contributed by atoms with Gasteiger partial charge in [0.2, 0.25) is 0 Å². The molecule has 3 heterocycles. The number of rotatable bonds is 5. The monoisotopic (exact) mass is 413 g/mol. The van der Waals surface area contributed by atoms with Crippen molar-refractivity contribution >= 4 is 23.2 Å². The third-order valence-corrected chi connectivity index (χ3v) is 5.59. The van der Waals surface area contributed by atoms with Gasteiger partial charge in [-0.1, -0.05) is 35.3 Å². The molecule has 0 unspecified atom stereocenters. The van der Waals surface area contributed by atoms with E-state index in [1.54, 1.807) is 18.5 Å². The molecule has 2 atom stereocenters. The molecule has 1 fully saturated rings. The van der Waals surface area contributed by atoms with Crippen LogP contribution in [0.2, 0.25) is 10.0 Å². The predicted molar refractivity (Wildman–Crippen MR) is 112 cm³/mol. The molecular formula is C22H21Cl2N3O. The van der Waals surface area contributed by atoms with Crippen molar-refractivity contribution in [2.24, 2.45) is 0 Å². The van der Waals surface area contributed by atoms with E-state index in [9.17, 15) is 5.11 Å². The number of nitrogens with zero attached hydrogens (tertiary/aromatic N) is 3. The maximum absolute atomic E-state index is 11.5.